The van der Waals surface area contributed by atoms with Gasteiger partial charge in [-0.25, -0.2) is 4.79 Å². The van der Waals surface area contributed by atoms with Crippen LogP contribution in [0, 0.1) is 0 Å². The molecule has 0 aliphatic heterocycles. The van der Waals surface area contributed by atoms with Crippen molar-refractivity contribution >= 4 is 11.8 Å². The van der Waals surface area contributed by atoms with Gasteiger partial charge in [0.05, 0.1) is 7.11 Å². The molecule has 1 aromatic heterocycles. The Morgan fingerprint density at radius 1 is 1.47 bits per heavy atom. The second-order valence-corrected chi connectivity index (χ2v) is 4.46. The van der Waals surface area contributed by atoms with Crippen LogP contribution in [-0.4, -0.2) is 54.4 Å². The maximum Gasteiger partial charge on any atom is 0.358 e. The van der Waals surface area contributed by atoms with Crippen molar-refractivity contribution in [2.75, 3.05) is 32.6 Å². The number of nitrogens with zero attached hydrogens (tertiary/aromatic N) is 3. The molecular weight excluding hydrogens is 244 g/mol. The minimum absolute atomic E-state index is 0.213. The molecule has 0 bridgehead atoms. The van der Waals surface area contributed by atoms with Crippen LogP contribution in [-0.2, 0) is 4.74 Å². The first-order valence-corrected chi connectivity index (χ1v) is 6.44. The lowest BCUT2D eigenvalue weighted by Crippen LogP contribution is -2.32. The minimum Gasteiger partial charge on any atom is -0.464 e. The van der Waals surface area contributed by atoms with E-state index < -0.39 is 5.97 Å². The summed E-state index contributed by atoms with van der Waals surface area (Å²) in [5, 5.41) is 10.9. The molecule has 1 heterocycles. The fourth-order valence-corrected chi connectivity index (χ4v) is 1.53. The molecule has 1 atom stereocenters. The molecule has 0 aliphatic carbocycles. The molecule has 1 rings (SSSR count). The molecule has 1 aromatic rings. The third-order valence-electron chi connectivity index (χ3n) is 3.17. The summed E-state index contributed by atoms with van der Waals surface area (Å²) in [6, 6.07) is 3.89. The summed E-state index contributed by atoms with van der Waals surface area (Å²) >= 11 is 0. The number of esters is 1. The fourth-order valence-electron chi connectivity index (χ4n) is 1.53. The number of anilines is 1. The van der Waals surface area contributed by atoms with Crippen LogP contribution in [0.25, 0.3) is 0 Å². The number of ether oxygens (including phenoxy) is 1. The standard InChI is InChI=1S/C13H22N4O2/c1-5-10(2)17(3)9-8-14-12-7-6-11(15-16-12)13(18)19-4/h6-7,10H,5,8-9H2,1-4H3,(H,14,16). The number of methoxy groups -OCH3 is 1. The average molecular weight is 266 g/mol. The van der Waals surface area contributed by atoms with Crippen LogP contribution in [0.4, 0.5) is 5.82 Å². The van der Waals surface area contributed by atoms with E-state index >= 15 is 0 Å². The number of nitrogens with one attached hydrogen (secondary N) is 1. The van der Waals surface area contributed by atoms with E-state index in [9.17, 15) is 4.79 Å². The van der Waals surface area contributed by atoms with Crippen LogP contribution >= 0.6 is 0 Å². The monoisotopic (exact) mass is 266 g/mol. The van der Waals surface area contributed by atoms with Crippen LogP contribution in [0.3, 0.4) is 0 Å². The molecule has 0 aromatic carbocycles. The van der Waals surface area contributed by atoms with Crippen LogP contribution in [0.2, 0.25) is 0 Å². The van der Waals surface area contributed by atoms with Gasteiger partial charge in [-0.1, -0.05) is 6.92 Å². The molecule has 6 heteroatoms. The van der Waals surface area contributed by atoms with Crippen molar-refractivity contribution in [1.29, 1.82) is 0 Å². The SMILES string of the molecule is CCC(C)N(C)CCNc1ccc(C(=O)OC)nn1. The number of carbonyl (C=O) groups is 1. The zero-order valence-corrected chi connectivity index (χ0v) is 12.0. The van der Waals surface area contributed by atoms with Gasteiger partial charge in [0, 0.05) is 19.1 Å². The normalized spacial score (nSPS) is 12.3. The van der Waals surface area contributed by atoms with Crippen molar-refractivity contribution in [2.45, 2.75) is 26.3 Å². The van der Waals surface area contributed by atoms with Gasteiger partial charge in [-0.05, 0) is 32.5 Å². The van der Waals surface area contributed by atoms with Gasteiger partial charge in [0.15, 0.2) is 5.69 Å². The molecule has 106 valence electrons. The fraction of sp³-hybridized carbons (Fsp3) is 0.615. The highest BCUT2D eigenvalue weighted by molar-refractivity contribution is 5.86. The summed E-state index contributed by atoms with van der Waals surface area (Å²) < 4.78 is 4.56. The van der Waals surface area contributed by atoms with Crippen molar-refractivity contribution in [3.8, 4) is 0 Å². The molecule has 0 fully saturated rings. The van der Waals surface area contributed by atoms with E-state index in [1.165, 1.54) is 7.11 Å². The highest BCUT2D eigenvalue weighted by Gasteiger charge is 2.08. The van der Waals surface area contributed by atoms with Crippen molar-refractivity contribution in [1.82, 2.24) is 15.1 Å². The molecule has 1 N–H and O–H groups in total. The van der Waals surface area contributed by atoms with Gasteiger partial charge in [0.1, 0.15) is 5.82 Å². The van der Waals surface area contributed by atoms with Crippen molar-refractivity contribution in [3.05, 3.63) is 17.8 Å². The lowest BCUT2D eigenvalue weighted by atomic mass is 10.2. The second-order valence-electron chi connectivity index (χ2n) is 4.46. The largest absolute Gasteiger partial charge is 0.464 e. The molecule has 1 unspecified atom stereocenters. The van der Waals surface area contributed by atoms with Gasteiger partial charge in [0.2, 0.25) is 0 Å². The van der Waals surface area contributed by atoms with E-state index in [-0.39, 0.29) is 5.69 Å². The van der Waals surface area contributed by atoms with Gasteiger partial charge in [-0.3, -0.25) is 0 Å². The Balaban J connectivity index is 2.40. The first-order valence-electron chi connectivity index (χ1n) is 6.44. The summed E-state index contributed by atoms with van der Waals surface area (Å²) in [5.74, 6) is 0.181. The molecule has 0 spiro atoms. The molecule has 0 amide bonds. The number of hydrogen-bond donors (Lipinski definition) is 1. The molecule has 0 aliphatic rings. The Labute approximate surface area is 114 Å². The highest BCUT2D eigenvalue weighted by atomic mass is 16.5. The van der Waals surface area contributed by atoms with Crippen LogP contribution in [0.5, 0.6) is 0 Å². The smallest absolute Gasteiger partial charge is 0.358 e. The molecular formula is C13H22N4O2. The lowest BCUT2D eigenvalue weighted by molar-refractivity contribution is 0.0593. The van der Waals surface area contributed by atoms with Crippen molar-refractivity contribution < 1.29 is 9.53 Å². The Morgan fingerprint density at radius 2 is 2.21 bits per heavy atom. The molecule has 0 saturated carbocycles. The van der Waals surface area contributed by atoms with Gasteiger partial charge < -0.3 is 15.0 Å². The quantitative estimate of drug-likeness (QED) is 0.753. The third-order valence-corrected chi connectivity index (χ3v) is 3.17. The zero-order chi connectivity index (χ0) is 14.3. The summed E-state index contributed by atoms with van der Waals surface area (Å²) in [4.78, 5) is 13.5. The summed E-state index contributed by atoms with van der Waals surface area (Å²) in [6.45, 7) is 6.08. The molecule has 19 heavy (non-hydrogen) atoms. The van der Waals surface area contributed by atoms with Crippen molar-refractivity contribution in [3.63, 3.8) is 0 Å². The van der Waals surface area contributed by atoms with Crippen molar-refractivity contribution in [2.24, 2.45) is 0 Å². The second kappa shape index (κ2) is 7.68. The number of aromatic nitrogens is 2. The minimum atomic E-state index is -0.476. The highest BCUT2D eigenvalue weighted by Crippen LogP contribution is 2.04. The van der Waals surface area contributed by atoms with E-state index in [2.05, 4.69) is 46.0 Å². The Kier molecular flexibility index (Phi) is 6.21. The van der Waals surface area contributed by atoms with Gasteiger partial charge in [0.25, 0.3) is 0 Å². The maximum absolute atomic E-state index is 11.2. The van der Waals surface area contributed by atoms with E-state index in [1.54, 1.807) is 12.1 Å². The van der Waals surface area contributed by atoms with Gasteiger partial charge in [-0.2, -0.15) is 0 Å². The first kappa shape index (κ1) is 15.4. The Morgan fingerprint density at radius 3 is 2.74 bits per heavy atom. The molecule has 0 radical (unpaired) electrons. The van der Waals surface area contributed by atoms with E-state index in [0.29, 0.717) is 11.9 Å². The van der Waals surface area contributed by atoms with Gasteiger partial charge in [-0.15, -0.1) is 10.2 Å². The van der Waals surface area contributed by atoms with Crippen LogP contribution in [0.1, 0.15) is 30.8 Å². The Hall–Kier alpha value is -1.69. The average Bonchev–Trinajstić information content (AvgIpc) is 2.46. The summed E-state index contributed by atoms with van der Waals surface area (Å²) in [5.41, 5.74) is 0.213. The van der Waals surface area contributed by atoms with Gasteiger partial charge >= 0.3 is 5.97 Å². The molecule has 6 nitrogen and oxygen atoms in total. The van der Waals surface area contributed by atoms with E-state index in [1.807, 2.05) is 0 Å². The molecule has 0 saturated heterocycles. The number of carbonyl (C=O) groups excluding carboxylic acids is 1. The maximum atomic E-state index is 11.2. The first-order chi connectivity index (χ1) is 9.08. The number of hydrogen-bond acceptors (Lipinski definition) is 6. The van der Waals surface area contributed by atoms with Crippen LogP contribution in [0.15, 0.2) is 12.1 Å². The lowest BCUT2D eigenvalue weighted by Gasteiger charge is -2.23. The summed E-state index contributed by atoms with van der Waals surface area (Å²) in [7, 11) is 3.42. The predicted molar refractivity (Wildman–Crippen MR) is 74.2 cm³/mol. The Bertz CT molecular complexity index is 394. The number of likely N-dealkylation sites (N-methyl/N-ethyl adjacent to an activating group) is 1. The van der Waals surface area contributed by atoms with E-state index in [0.717, 1.165) is 19.5 Å². The topological polar surface area (TPSA) is 67.4 Å². The van der Waals surface area contributed by atoms with Crippen LogP contribution < -0.4 is 5.32 Å². The predicted octanol–water partition coefficient (Wildman–Crippen LogP) is 1.41. The third kappa shape index (κ3) is 4.82. The van der Waals surface area contributed by atoms with E-state index in [4.69, 9.17) is 0 Å². The zero-order valence-electron chi connectivity index (χ0n) is 12.0. The number of rotatable bonds is 7. The summed E-state index contributed by atoms with van der Waals surface area (Å²) in [6.07, 6.45) is 1.13.